The van der Waals surface area contributed by atoms with E-state index in [1.165, 1.54) is 4.90 Å². The highest BCUT2D eigenvalue weighted by Gasteiger charge is 2.47. The van der Waals surface area contributed by atoms with Crippen LogP contribution in [0.4, 0.5) is 18.0 Å². The number of hydrogen-bond donors (Lipinski definition) is 0. The molecule has 1 aromatic heterocycles. The normalized spacial score (nSPS) is 21.8. The van der Waals surface area contributed by atoms with Gasteiger partial charge in [-0.05, 0) is 41.2 Å². The number of benzene rings is 2. The maximum absolute atomic E-state index is 13.8. The minimum absolute atomic E-state index is 0.0772. The second kappa shape index (κ2) is 10.0. The smallest absolute Gasteiger partial charge is 0.410 e. The van der Waals surface area contributed by atoms with Gasteiger partial charge >= 0.3 is 12.3 Å². The number of alkyl halides is 3. The van der Waals surface area contributed by atoms with Gasteiger partial charge in [0.2, 0.25) is 6.29 Å². The van der Waals surface area contributed by atoms with Crippen LogP contribution in [0, 0.1) is 5.92 Å². The molecule has 2 saturated heterocycles. The van der Waals surface area contributed by atoms with Gasteiger partial charge in [0, 0.05) is 24.2 Å². The summed E-state index contributed by atoms with van der Waals surface area (Å²) in [5.74, 6) is -1.68. The number of piperidine rings is 1. The predicted molar refractivity (Wildman–Crippen MR) is 132 cm³/mol. The monoisotopic (exact) mass is 524 g/mol. The van der Waals surface area contributed by atoms with E-state index < -0.39 is 30.5 Å². The molecule has 2 aromatic carbocycles. The molecule has 3 aliphatic rings. The van der Waals surface area contributed by atoms with Crippen molar-refractivity contribution in [2.45, 2.75) is 37.3 Å². The third kappa shape index (κ3) is 4.54. The van der Waals surface area contributed by atoms with Crippen LogP contribution in [-0.2, 0) is 14.2 Å². The van der Waals surface area contributed by atoms with Gasteiger partial charge in [-0.15, -0.1) is 0 Å². The zero-order valence-corrected chi connectivity index (χ0v) is 20.6. The maximum Gasteiger partial charge on any atom is 0.410 e. The van der Waals surface area contributed by atoms with E-state index in [1.54, 1.807) is 18.3 Å². The summed E-state index contributed by atoms with van der Waals surface area (Å²) in [6, 6.07) is 18.5. The number of amides is 1. The SMILES string of the molecule is O=C(OCC1c2ccccc2-c2ccccc21)N1CCC(C(F)(F)F)CC1c1cccnc1C1OCCO1. The van der Waals surface area contributed by atoms with Crippen molar-refractivity contribution in [1.82, 2.24) is 9.88 Å². The lowest BCUT2D eigenvalue weighted by Crippen LogP contribution is -2.45. The van der Waals surface area contributed by atoms with Gasteiger partial charge in [-0.1, -0.05) is 54.6 Å². The third-order valence-electron chi connectivity index (χ3n) is 7.71. The van der Waals surface area contributed by atoms with Crippen molar-refractivity contribution in [1.29, 1.82) is 0 Å². The molecule has 2 fully saturated rings. The van der Waals surface area contributed by atoms with E-state index >= 15 is 0 Å². The molecule has 0 N–H and O–H groups in total. The number of carbonyl (C=O) groups is 1. The molecule has 2 aliphatic heterocycles. The molecule has 6 nitrogen and oxygen atoms in total. The Hall–Kier alpha value is -3.43. The summed E-state index contributed by atoms with van der Waals surface area (Å²) in [7, 11) is 0. The number of rotatable bonds is 4. The summed E-state index contributed by atoms with van der Waals surface area (Å²) in [4.78, 5) is 19.3. The van der Waals surface area contributed by atoms with Crippen LogP contribution in [0.2, 0.25) is 0 Å². The molecule has 0 radical (unpaired) electrons. The first kappa shape index (κ1) is 24.9. The fourth-order valence-electron chi connectivity index (χ4n) is 5.88. The largest absolute Gasteiger partial charge is 0.448 e. The summed E-state index contributed by atoms with van der Waals surface area (Å²) in [6.45, 7) is 0.749. The van der Waals surface area contributed by atoms with Crippen molar-refractivity contribution in [2.24, 2.45) is 5.92 Å². The summed E-state index contributed by atoms with van der Waals surface area (Å²) in [5.41, 5.74) is 5.23. The Balaban J connectivity index is 1.27. The molecule has 38 heavy (non-hydrogen) atoms. The van der Waals surface area contributed by atoms with Gasteiger partial charge in [0.05, 0.1) is 25.2 Å². The first-order valence-electron chi connectivity index (χ1n) is 12.8. The van der Waals surface area contributed by atoms with Gasteiger partial charge in [0.25, 0.3) is 0 Å². The lowest BCUT2D eigenvalue weighted by Gasteiger charge is -2.40. The average Bonchev–Trinajstić information content (AvgIpc) is 3.58. The highest BCUT2D eigenvalue weighted by Crippen LogP contribution is 2.46. The van der Waals surface area contributed by atoms with E-state index in [9.17, 15) is 18.0 Å². The number of halogens is 3. The predicted octanol–water partition coefficient (Wildman–Crippen LogP) is 6.39. The van der Waals surface area contributed by atoms with Crippen LogP contribution < -0.4 is 0 Å². The Labute approximate surface area is 218 Å². The Morgan fingerprint density at radius 2 is 1.58 bits per heavy atom. The van der Waals surface area contributed by atoms with Crippen molar-refractivity contribution < 1.29 is 32.2 Å². The van der Waals surface area contributed by atoms with Gasteiger partial charge in [-0.25, -0.2) is 4.79 Å². The lowest BCUT2D eigenvalue weighted by atomic mass is 9.86. The van der Waals surface area contributed by atoms with Crippen LogP contribution in [0.25, 0.3) is 11.1 Å². The number of ether oxygens (including phenoxy) is 3. The third-order valence-corrected chi connectivity index (χ3v) is 7.71. The van der Waals surface area contributed by atoms with Crippen LogP contribution in [0.1, 0.15) is 53.5 Å². The van der Waals surface area contributed by atoms with E-state index in [0.29, 0.717) is 24.5 Å². The Morgan fingerprint density at radius 1 is 0.947 bits per heavy atom. The number of fused-ring (bicyclic) bond motifs is 3. The molecule has 0 spiro atoms. The molecule has 1 aliphatic carbocycles. The van der Waals surface area contributed by atoms with E-state index in [-0.39, 0.29) is 31.9 Å². The Morgan fingerprint density at radius 3 is 2.24 bits per heavy atom. The number of pyridine rings is 1. The topological polar surface area (TPSA) is 60.9 Å². The molecule has 2 unspecified atom stereocenters. The summed E-state index contributed by atoms with van der Waals surface area (Å²) in [5, 5.41) is 0. The van der Waals surface area contributed by atoms with Crippen LogP contribution in [0.5, 0.6) is 0 Å². The Bertz CT molecular complexity index is 1280. The molecule has 198 valence electrons. The standard InChI is InChI=1S/C29H27F3N2O4/c30-29(31,32)18-11-13-34(25(16-18)23-10-5-12-33-26(23)27-36-14-15-37-27)28(35)38-17-24-21-8-3-1-6-19(21)20-7-2-4-9-22(20)24/h1-10,12,18,24-25,27H,11,13-17H2. The fraction of sp³-hybridized carbons (Fsp3) is 0.379. The molecular weight excluding hydrogens is 497 g/mol. The van der Waals surface area contributed by atoms with Crippen LogP contribution in [0.3, 0.4) is 0 Å². The number of likely N-dealkylation sites (tertiary alicyclic amines) is 1. The number of carbonyl (C=O) groups excluding carboxylic acids is 1. The van der Waals surface area contributed by atoms with E-state index in [0.717, 1.165) is 22.3 Å². The van der Waals surface area contributed by atoms with Crippen LogP contribution in [0.15, 0.2) is 66.9 Å². The van der Waals surface area contributed by atoms with Gasteiger partial charge < -0.3 is 19.1 Å². The van der Waals surface area contributed by atoms with Gasteiger partial charge in [-0.3, -0.25) is 4.98 Å². The highest BCUT2D eigenvalue weighted by molar-refractivity contribution is 5.79. The van der Waals surface area contributed by atoms with Crippen molar-refractivity contribution in [2.75, 3.05) is 26.4 Å². The van der Waals surface area contributed by atoms with Crippen molar-refractivity contribution in [3.63, 3.8) is 0 Å². The van der Waals surface area contributed by atoms with E-state index in [1.807, 2.05) is 48.5 Å². The van der Waals surface area contributed by atoms with Crippen LogP contribution >= 0.6 is 0 Å². The molecule has 3 heterocycles. The van der Waals surface area contributed by atoms with Crippen molar-refractivity contribution in [3.05, 3.63) is 89.2 Å². The summed E-state index contributed by atoms with van der Waals surface area (Å²) in [6.07, 6.45) is -4.70. The first-order valence-corrected chi connectivity index (χ1v) is 12.8. The van der Waals surface area contributed by atoms with Crippen molar-refractivity contribution in [3.8, 4) is 11.1 Å². The second-order valence-electron chi connectivity index (χ2n) is 9.83. The number of nitrogens with zero attached hydrogens (tertiary/aromatic N) is 2. The summed E-state index contributed by atoms with van der Waals surface area (Å²) >= 11 is 0. The number of hydrogen-bond acceptors (Lipinski definition) is 5. The zero-order chi connectivity index (χ0) is 26.3. The van der Waals surface area contributed by atoms with Crippen LogP contribution in [-0.4, -0.2) is 48.5 Å². The van der Waals surface area contributed by atoms with Gasteiger partial charge in [-0.2, -0.15) is 13.2 Å². The highest BCUT2D eigenvalue weighted by atomic mass is 19.4. The quantitative estimate of drug-likeness (QED) is 0.396. The molecule has 0 bridgehead atoms. The molecule has 6 rings (SSSR count). The minimum Gasteiger partial charge on any atom is -0.448 e. The molecule has 3 aromatic rings. The molecule has 9 heteroatoms. The average molecular weight is 525 g/mol. The first-order chi connectivity index (χ1) is 18.4. The zero-order valence-electron chi connectivity index (χ0n) is 20.6. The Kier molecular flexibility index (Phi) is 6.57. The molecule has 1 amide bonds. The minimum atomic E-state index is -4.37. The lowest BCUT2D eigenvalue weighted by molar-refractivity contribution is -0.189. The summed E-state index contributed by atoms with van der Waals surface area (Å²) < 4.78 is 58.4. The number of aromatic nitrogens is 1. The van der Waals surface area contributed by atoms with Crippen molar-refractivity contribution >= 4 is 6.09 Å². The van der Waals surface area contributed by atoms with Gasteiger partial charge in [0.1, 0.15) is 12.3 Å². The van der Waals surface area contributed by atoms with E-state index in [4.69, 9.17) is 14.2 Å². The molecule has 2 atom stereocenters. The fourth-order valence-corrected chi connectivity index (χ4v) is 5.88. The second-order valence-corrected chi connectivity index (χ2v) is 9.83. The van der Waals surface area contributed by atoms with Gasteiger partial charge in [0.15, 0.2) is 0 Å². The maximum atomic E-state index is 13.8. The van der Waals surface area contributed by atoms with E-state index in [2.05, 4.69) is 4.98 Å². The molecular formula is C29H27F3N2O4. The molecule has 0 saturated carbocycles.